The molecule has 0 heterocycles. The van der Waals surface area contributed by atoms with E-state index >= 15 is 0 Å². The molecule has 0 radical (unpaired) electrons. The Morgan fingerprint density at radius 1 is 1.46 bits per heavy atom. The van der Waals surface area contributed by atoms with Crippen molar-refractivity contribution in [3.05, 3.63) is 0 Å². The SMILES string of the molecule is C#CCCOC(=O)C#CCCCC. The summed E-state index contributed by atoms with van der Waals surface area (Å²) in [5.41, 5.74) is 0. The van der Waals surface area contributed by atoms with Crippen LogP contribution < -0.4 is 0 Å². The molecule has 13 heavy (non-hydrogen) atoms. The Kier molecular flexibility index (Phi) is 7.74. The van der Waals surface area contributed by atoms with Gasteiger partial charge in [-0.1, -0.05) is 19.3 Å². The van der Waals surface area contributed by atoms with Gasteiger partial charge in [-0.25, -0.2) is 4.79 Å². The zero-order valence-electron chi connectivity index (χ0n) is 7.93. The molecule has 0 amide bonds. The second kappa shape index (κ2) is 8.68. The summed E-state index contributed by atoms with van der Waals surface area (Å²) >= 11 is 0. The molecule has 0 N–H and O–H groups in total. The summed E-state index contributed by atoms with van der Waals surface area (Å²) in [5, 5.41) is 0. The van der Waals surface area contributed by atoms with Gasteiger partial charge < -0.3 is 4.74 Å². The standard InChI is InChI=1S/C11H14O2/c1-3-5-7-8-9-11(12)13-10-6-4-2/h2H,3,5-7,10H2,1H3. The summed E-state index contributed by atoms with van der Waals surface area (Å²) in [6, 6.07) is 0. The van der Waals surface area contributed by atoms with E-state index in [1.165, 1.54) is 0 Å². The number of esters is 1. The van der Waals surface area contributed by atoms with Crippen molar-refractivity contribution in [1.29, 1.82) is 0 Å². The van der Waals surface area contributed by atoms with Gasteiger partial charge >= 0.3 is 5.97 Å². The molecule has 0 atom stereocenters. The van der Waals surface area contributed by atoms with Crippen molar-refractivity contribution in [3.8, 4) is 24.2 Å². The van der Waals surface area contributed by atoms with E-state index in [-0.39, 0.29) is 6.61 Å². The molecule has 0 saturated carbocycles. The van der Waals surface area contributed by atoms with Crippen LogP contribution in [0.4, 0.5) is 0 Å². The molecule has 0 unspecified atom stereocenters. The van der Waals surface area contributed by atoms with Crippen LogP contribution in [0.5, 0.6) is 0 Å². The third-order valence-electron chi connectivity index (χ3n) is 1.33. The summed E-state index contributed by atoms with van der Waals surface area (Å²) < 4.78 is 4.71. The van der Waals surface area contributed by atoms with Crippen LogP contribution in [-0.2, 0) is 9.53 Å². The van der Waals surface area contributed by atoms with E-state index in [2.05, 4.69) is 24.7 Å². The van der Waals surface area contributed by atoms with Gasteiger partial charge in [0.1, 0.15) is 6.61 Å². The predicted molar refractivity (Wildman–Crippen MR) is 51.7 cm³/mol. The topological polar surface area (TPSA) is 26.3 Å². The second-order valence-electron chi connectivity index (χ2n) is 2.50. The lowest BCUT2D eigenvalue weighted by Gasteiger charge is -1.93. The number of rotatable bonds is 4. The summed E-state index contributed by atoms with van der Waals surface area (Å²) in [7, 11) is 0. The Morgan fingerprint density at radius 3 is 2.85 bits per heavy atom. The Labute approximate surface area is 79.7 Å². The molecule has 0 rings (SSSR count). The normalized spacial score (nSPS) is 8.00. The van der Waals surface area contributed by atoms with Crippen molar-refractivity contribution in [2.24, 2.45) is 0 Å². The van der Waals surface area contributed by atoms with E-state index < -0.39 is 5.97 Å². The predicted octanol–water partition coefficient (Wildman–Crippen LogP) is 1.75. The van der Waals surface area contributed by atoms with E-state index in [1.54, 1.807) is 0 Å². The zero-order chi connectivity index (χ0) is 9.94. The van der Waals surface area contributed by atoms with Gasteiger partial charge in [0, 0.05) is 18.8 Å². The fraction of sp³-hybridized carbons (Fsp3) is 0.545. The average Bonchev–Trinajstić information content (AvgIpc) is 2.13. The molecule has 0 fully saturated rings. The zero-order valence-corrected chi connectivity index (χ0v) is 7.93. The number of carbonyl (C=O) groups excluding carboxylic acids is 1. The fourth-order valence-electron chi connectivity index (χ4n) is 0.639. The molecule has 0 aliphatic rings. The Bertz CT molecular complexity index is 237. The molecule has 0 saturated heterocycles. The number of hydrogen-bond acceptors (Lipinski definition) is 2. The first-order valence-corrected chi connectivity index (χ1v) is 4.40. The maximum Gasteiger partial charge on any atom is 0.384 e. The molecule has 0 aliphatic carbocycles. The summed E-state index contributed by atoms with van der Waals surface area (Å²) in [5.74, 6) is 7.03. The molecule has 0 spiro atoms. The highest BCUT2D eigenvalue weighted by molar-refractivity contribution is 5.88. The van der Waals surface area contributed by atoms with E-state index in [1.807, 2.05) is 0 Å². The largest absolute Gasteiger partial charge is 0.455 e. The van der Waals surface area contributed by atoms with Gasteiger partial charge in [0.15, 0.2) is 0 Å². The minimum atomic E-state index is -0.480. The molecular weight excluding hydrogens is 164 g/mol. The first-order chi connectivity index (χ1) is 6.31. The lowest BCUT2D eigenvalue weighted by molar-refractivity contribution is -0.136. The number of terminal acetylenes is 1. The molecule has 2 heteroatoms. The average molecular weight is 178 g/mol. The first-order valence-electron chi connectivity index (χ1n) is 4.40. The van der Waals surface area contributed by atoms with Gasteiger partial charge in [-0.2, -0.15) is 0 Å². The molecular formula is C11H14O2. The third-order valence-corrected chi connectivity index (χ3v) is 1.33. The van der Waals surface area contributed by atoms with Crippen molar-refractivity contribution in [1.82, 2.24) is 0 Å². The Balaban J connectivity index is 3.48. The van der Waals surface area contributed by atoms with Crippen LogP contribution in [0.3, 0.4) is 0 Å². The van der Waals surface area contributed by atoms with Crippen LogP contribution >= 0.6 is 0 Å². The number of ether oxygens (including phenoxy) is 1. The van der Waals surface area contributed by atoms with Crippen molar-refractivity contribution < 1.29 is 9.53 Å². The first kappa shape index (κ1) is 11.6. The van der Waals surface area contributed by atoms with Crippen molar-refractivity contribution >= 4 is 5.97 Å². The van der Waals surface area contributed by atoms with E-state index in [4.69, 9.17) is 11.2 Å². The molecule has 0 aromatic heterocycles. The molecule has 0 bridgehead atoms. The smallest absolute Gasteiger partial charge is 0.384 e. The second-order valence-corrected chi connectivity index (χ2v) is 2.50. The van der Waals surface area contributed by atoms with E-state index in [9.17, 15) is 4.79 Å². The van der Waals surface area contributed by atoms with Gasteiger partial charge in [-0.15, -0.1) is 12.3 Å². The maximum absolute atomic E-state index is 10.8. The molecule has 0 aromatic rings. The van der Waals surface area contributed by atoms with Crippen LogP contribution in [0, 0.1) is 24.2 Å². The number of carbonyl (C=O) groups is 1. The van der Waals surface area contributed by atoms with Crippen molar-refractivity contribution in [2.45, 2.75) is 32.6 Å². The van der Waals surface area contributed by atoms with Crippen LogP contribution in [-0.4, -0.2) is 12.6 Å². The van der Waals surface area contributed by atoms with Crippen molar-refractivity contribution in [3.63, 3.8) is 0 Å². The van der Waals surface area contributed by atoms with Gasteiger partial charge in [-0.05, 0) is 6.42 Å². The maximum atomic E-state index is 10.8. The molecule has 70 valence electrons. The summed E-state index contributed by atoms with van der Waals surface area (Å²) in [6.07, 6.45) is 8.28. The highest BCUT2D eigenvalue weighted by Crippen LogP contribution is 1.90. The van der Waals surface area contributed by atoms with Crippen LogP contribution in [0.15, 0.2) is 0 Å². The molecule has 2 nitrogen and oxygen atoms in total. The number of unbranched alkanes of at least 4 members (excludes halogenated alkanes) is 2. The molecule has 0 aliphatic heterocycles. The highest BCUT2D eigenvalue weighted by atomic mass is 16.5. The van der Waals surface area contributed by atoms with E-state index in [0.29, 0.717) is 6.42 Å². The minimum absolute atomic E-state index is 0.262. The minimum Gasteiger partial charge on any atom is -0.455 e. The van der Waals surface area contributed by atoms with Gasteiger partial charge in [0.25, 0.3) is 0 Å². The molecule has 0 aromatic carbocycles. The Morgan fingerprint density at radius 2 is 2.23 bits per heavy atom. The van der Waals surface area contributed by atoms with E-state index in [0.717, 1.165) is 19.3 Å². The fourth-order valence-corrected chi connectivity index (χ4v) is 0.639. The van der Waals surface area contributed by atoms with Crippen LogP contribution in [0.25, 0.3) is 0 Å². The monoisotopic (exact) mass is 178 g/mol. The highest BCUT2D eigenvalue weighted by Gasteiger charge is 1.93. The summed E-state index contributed by atoms with van der Waals surface area (Å²) in [4.78, 5) is 10.8. The van der Waals surface area contributed by atoms with Gasteiger partial charge in [-0.3, -0.25) is 0 Å². The lowest BCUT2D eigenvalue weighted by Crippen LogP contribution is -2.01. The van der Waals surface area contributed by atoms with Crippen LogP contribution in [0.1, 0.15) is 32.6 Å². The van der Waals surface area contributed by atoms with Gasteiger partial charge in [0.2, 0.25) is 0 Å². The third kappa shape index (κ3) is 8.50. The van der Waals surface area contributed by atoms with Crippen molar-refractivity contribution in [2.75, 3.05) is 6.61 Å². The quantitative estimate of drug-likeness (QED) is 0.284. The number of hydrogen-bond donors (Lipinski definition) is 0. The Hall–Kier alpha value is -1.41. The lowest BCUT2D eigenvalue weighted by atomic mass is 10.2. The van der Waals surface area contributed by atoms with Gasteiger partial charge in [0.05, 0.1) is 0 Å². The van der Waals surface area contributed by atoms with Crippen LogP contribution in [0.2, 0.25) is 0 Å². The summed E-state index contributed by atoms with van der Waals surface area (Å²) in [6.45, 7) is 2.34.